The SMILES string of the molecule is CC#Cc1ccc(Nc2nc(Oc3c(OC)cc(/C=C/C#N)cc3OC)c3c(n2)c(C)cn3CC)cc1. The molecule has 4 aromatic rings. The number of anilines is 2. The van der Waals surface area contributed by atoms with E-state index >= 15 is 0 Å². The van der Waals surface area contributed by atoms with Gasteiger partial charge in [-0.15, -0.1) is 5.92 Å². The molecule has 4 rings (SSSR count). The molecule has 2 heterocycles. The van der Waals surface area contributed by atoms with Crippen molar-refractivity contribution in [3.05, 3.63) is 65.4 Å². The summed E-state index contributed by atoms with van der Waals surface area (Å²) in [5, 5.41) is 12.2. The van der Waals surface area contributed by atoms with E-state index in [9.17, 15) is 0 Å². The quantitative estimate of drug-likeness (QED) is 0.230. The maximum Gasteiger partial charge on any atom is 0.249 e. The zero-order valence-corrected chi connectivity index (χ0v) is 21.4. The second-order valence-electron chi connectivity index (χ2n) is 8.04. The molecule has 0 atom stereocenters. The van der Waals surface area contributed by atoms with Crippen LogP contribution in [0.5, 0.6) is 23.1 Å². The highest BCUT2D eigenvalue weighted by atomic mass is 16.5. The van der Waals surface area contributed by atoms with Crippen LogP contribution in [-0.2, 0) is 6.54 Å². The van der Waals surface area contributed by atoms with Gasteiger partial charge in [0.2, 0.25) is 17.6 Å². The summed E-state index contributed by atoms with van der Waals surface area (Å²) in [4.78, 5) is 9.51. The van der Waals surface area contributed by atoms with Crippen LogP contribution in [0.25, 0.3) is 17.1 Å². The van der Waals surface area contributed by atoms with Gasteiger partial charge in [-0.1, -0.05) is 5.92 Å². The van der Waals surface area contributed by atoms with Crippen molar-refractivity contribution in [2.45, 2.75) is 27.3 Å². The Labute approximate surface area is 216 Å². The number of nitrogens with one attached hydrogen (secondary N) is 1. The van der Waals surface area contributed by atoms with Crippen molar-refractivity contribution >= 4 is 28.7 Å². The normalized spacial score (nSPS) is 10.6. The molecule has 0 bridgehead atoms. The van der Waals surface area contributed by atoms with Crippen LogP contribution >= 0.6 is 0 Å². The van der Waals surface area contributed by atoms with Gasteiger partial charge in [0.15, 0.2) is 11.5 Å². The molecule has 0 unspecified atom stereocenters. The molecule has 8 heteroatoms. The highest BCUT2D eigenvalue weighted by molar-refractivity contribution is 5.86. The van der Waals surface area contributed by atoms with Gasteiger partial charge < -0.3 is 24.1 Å². The summed E-state index contributed by atoms with van der Waals surface area (Å²) in [6, 6.07) is 13.3. The van der Waals surface area contributed by atoms with Crippen LogP contribution in [0.4, 0.5) is 11.6 Å². The predicted octanol–water partition coefficient (Wildman–Crippen LogP) is 6.22. The molecule has 8 nitrogen and oxygen atoms in total. The van der Waals surface area contributed by atoms with Crippen molar-refractivity contribution < 1.29 is 14.2 Å². The Balaban J connectivity index is 1.83. The van der Waals surface area contributed by atoms with Crippen molar-refractivity contribution in [1.82, 2.24) is 14.5 Å². The Hall–Kier alpha value is -4.95. The second-order valence-corrected chi connectivity index (χ2v) is 8.04. The number of nitriles is 1. The standard InChI is InChI=1S/C29H27N5O3/c1-6-9-20-11-13-22(14-12-20)31-29-32-25-19(3)18-34(7-2)26(25)28(33-29)37-27-23(35-4)16-21(10-8-15-30)17-24(27)36-5/h8,10-14,16-18H,7H2,1-5H3,(H,31,32,33)/b10-8+. The molecule has 0 spiro atoms. The van der Waals surface area contributed by atoms with E-state index in [1.807, 2.05) is 61.9 Å². The third-order valence-corrected chi connectivity index (χ3v) is 5.65. The first kappa shape index (κ1) is 25.2. The average molecular weight is 494 g/mol. The maximum absolute atomic E-state index is 8.90. The molecule has 186 valence electrons. The van der Waals surface area contributed by atoms with Crippen molar-refractivity contribution in [3.8, 4) is 41.0 Å². The Bertz CT molecular complexity index is 1540. The predicted molar refractivity (Wildman–Crippen MR) is 144 cm³/mol. The number of ether oxygens (including phenoxy) is 3. The summed E-state index contributed by atoms with van der Waals surface area (Å²) in [6.07, 6.45) is 5.08. The first-order valence-electron chi connectivity index (χ1n) is 11.7. The van der Waals surface area contributed by atoms with Crippen molar-refractivity contribution in [2.24, 2.45) is 0 Å². The third-order valence-electron chi connectivity index (χ3n) is 5.65. The van der Waals surface area contributed by atoms with Gasteiger partial charge in [0, 0.05) is 30.1 Å². The van der Waals surface area contributed by atoms with Crippen LogP contribution in [0.3, 0.4) is 0 Å². The van der Waals surface area contributed by atoms with Crippen molar-refractivity contribution in [2.75, 3.05) is 19.5 Å². The van der Waals surface area contributed by atoms with Gasteiger partial charge in [0.05, 0.1) is 20.3 Å². The fourth-order valence-corrected chi connectivity index (χ4v) is 3.94. The minimum atomic E-state index is 0.354. The highest BCUT2D eigenvalue weighted by Gasteiger charge is 2.21. The number of fused-ring (bicyclic) bond motifs is 1. The van der Waals surface area contributed by atoms with E-state index in [4.69, 9.17) is 29.4 Å². The maximum atomic E-state index is 8.90. The van der Waals surface area contributed by atoms with Gasteiger partial charge >= 0.3 is 0 Å². The molecule has 0 saturated carbocycles. The van der Waals surface area contributed by atoms with Crippen LogP contribution in [0, 0.1) is 30.1 Å². The van der Waals surface area contributed by atoms with E-state index in [2.05, 4.69) is 17.2 Å². The monoisotopic (exact) mass is 493 g/mol. The van der Waals surface area contributed by atoms with Crippen molar-refractivity contribution in [1.29, 1.82) is 5.26 Å². The number of aromatic nitrogens is 3. The Morgan fingerprint density at radius 1 is 1.08 bits per heavy atom. The summed E-state index contributed by atoms with van der Waals surface area (Å²) in [6.45, 7) is 6.57. The average Bonchev–Trinajstić information content (AvgIpc) is 3.24. The third kappa shape index (κ3) is 5.34. The van der Waals surface area contributed by atoms with Gasteiger partial charge in [-0.05, 0) is 74.4 Å². The molecule has 0 aliphatic rings. The second kappa shape index (κ2) is 11.2. The molecular formula is C29H27N5O3. The van der Waals surface area contributed by atoms with E-state index in [1.165, 1.54) is 6.08 Å². The number of nitrogens with zero attached hydrogens (tertiary/aromatic N) is 4. The summed E-state index contributed by atoms with van der Waals surface area (Å²) >= 11 is 0. The molecule has 0 radical (unpaired) electrons. The van der Waals surface area contributed by atoms with E-state index in [0.717, 1.165) is 33.4 Å². The fraction of sp³-hybridized carbons (Fsp3) is 0.207. The molecule has 0 saturated heterocycles. The topological polar surface area (TPSA) is 94.2 Å². The van der Waals surface area contributed by atoms with E-state index in [0.29, 0.717) is 35.6 Å². The van der Waals surface area contributed by atoms with Crippen LogP contribution in [0.1, 0.15) is 30.5 Å². The molecule has 0 aliphatic heterocycles. The van der Waals surface area contributed by atoms with Gasteiger partial charge in [0.1, 0.15) is 11.0 Å². The van der Waals surface area contributed by atoms with Crippen molar-refractivity contribution in [3.63, 3.8) is 0 Å². The van der Waals surface area contributed by atoms with Gasteiger partial charge in [-0.2, -0.15) is 10.2 Å². The summed E-state index contributed by atoms with van der Waals surface area (Å²) in [7, 11) is 3.10. The Kier molecular flexibility index (Phi) is 7.61. The molecule has 2 aromatic carbocycles. The lowest BCUT2D eigenvalue weighted by Crippen LogP contribution is -2.04. The largest absolute Gasteiger partial charge is 0.493 e. The highest BCUT2D eigenvalue weighted by Crippen LogP contribution is 2.43. The lowest BCUT2D eigenvalue weighted by atomic mass is 10.1. The molecule has 1 N–H and O–H groups in total. The zero-order chi connectivity index (χ0) is 26.4. The van der Waals surface area contributed by atoms with Gasteiger partial charge in [0.25, 0.3) is 0 Å². The molecule has 2 aromatic heterocycles. The van der Waals surface area contributed by atoms with Crippen LogP contribution < -0.4 is 19.5 Å². The number of benzene rings is 2. The Morgan fingerprint density at radius 3 is 2.38 bits per heavy atom. The molecule has 0 fully saturated rings. The summed E-state index contributed by atoms with van der Waals surface area (Å²) < 4.78 is 19.7. The lowest BCUT2D eigenvalue weighted by Gasteiger charge is -2.16. The smallest absolute Gasteiger partial charge is 0.249 e. The summed E-state index contributed by atoms with van der Waals surface area (Å²) in [5.74, 6) is 7.93. The fourth-order valence-electron chi connectivity index (χ4n) is 3.94. The molecule has 0 amide bonds. The first-order chi connectivity index (χ1) is 18.0. The van der Waals surface area contributed by atoms with Crippen LogP contribution in [-0.4, -0.2) is 28.8 Å². The van der Waals surface area contributed by atoms with E-state index < -0.39 is 0 Å². The number of hydrogen-bond donors (Lipinski definition) is 1. The van der Waals surface area contributed by atoms with Crippen LogP contribution in [0.2, 0.25) is 0 Å². The first-order valence-corrected chi connectivity index (χ1v) is 11.7. The summed E-state index contributed by atoms with van der Waals surface area (Å²) in [5.41, 5.74) is 5.02. The Morgan fingerprint density at radius 2 is 1.78 bits per heavy atom. The number of aryl methyl sites for hydroxylation is 2. The lowest BCUT2D eigenvalue weighted by molar-refractivity contribution is 0.343. The van der Waals surface area contributed by atoms with Gasteiger partial charge in [-0.3, -0.25) is 0 Å². The number of methoxy groups -OCH3 is 2. The molecular weight excluding hydrogens is 466 g/mol. The minimum Gasteiger partial charge on any atom is -0.493 e. The number of hydrogen-bond acceptors (Lipinski definition) is 7. The van der Waals surface area contributed by atoms with Gasteiger partial charge in [-0.25, -0.2) is 4.98 Å². The van der Waals surface area contributed by atoms with E-state index in [1.54, 1.807) is 32.4 Å². The number of rotatable bonds is 8. The van der Waals surface area contributed by atoms with Crippen LogP contribution in [0.15, 0.2) is 48.7 Å². The minimum absolute atomic E-state index is 0.354. The molecule has 37 heavy (non-hydrogen) atoms. The zero-order valence-electron chi connectivity index (χ0n) is 21.4. The van der Waals surface area contributed by atoms with E-state index in [-0.39, 0.29) is 0 Å². The number of allylic oxidation sites excluding steroid dienone is 1. The molecule has 0 aliphatic carbocycles.